The standard InChI is InChI=1S/C13H15ClN4O/c1-19-12-6-8(14)2-3-9(12)13(18-16)10-7-17-5-4-11(10)15/h2-7,13,18H,16H2,1H3,(H2,15,17). The van der Waals surface area contributed by atoms with E-state index >= 15 is 0 Å². The molecular weight excluding hydrogens is 264 g/mol. The van der Waals surface area contributed by atoms with Crippen molar-refractivity contribution in [3.8, 4) is 5.75 Å². The Balaban J connectivity index is 2.51. The van der Waals surface area contributed by atoms with Gasteiger partial charge in [-0.2, -0.15) is 0 Å². The van der Waals surface area contributed by atoms with Crippen LogP contribution in [0.15, 0.2) is 36.7 Å². The summed E-state index contributed by atoms with van der Waals surface area (Å²) in [5.41, 5.74) is 10.9. The molecule has 0 saturated heterocycles. The maximum atomic E-state index is 5.95. The van der Waals surface area contributed by atoms with Crippen LogP contribution in [-0.2, 0) is 0 Å². The van der Waals surface area contributed by atoms with Gasteiger partial charge in [0.15, 0.2) is 0 Å². The number of anilines is 1. The summed E-state index contributed by atoms with van der Waals surface area (Å²) in [6.07, 6.45) is 3.30. The van der Waals surface area contributed by atoms with Gasteiger partial charge in [-0.3, -0.25) is 10.8 Å². The van der Waals surface area contributed by atoms with Crippen molar-refractivity contribution < 1.29 is 4.74 Å². The molecule has 0 aliphatic heterocycles. The number of benzene rings is 1. The lowest BCUT2D eigenvalue weighted by Gasteiger charge is -2.20. The molecule has 1 aromatic carbocycles. The SMILES string of the molecule is COc1cc(Cl)ccc1C(NN)c1cnccc1N. The molecule has 0 amide bonds. The molecule has 0 bridgehead atoms. The number of nitrogen functional groups attached to an aromatic ring is 1. The van der Waals surface area contributed by atoms with E-state index in [0.29, 0.717) is 16.5 Å². The maximum Gasteiger partial charge on any atom is 0.125 e. The van der Waals surface area contributed by atoms with E-state index in [9.17, 15) is 0 Å². The van der Waals surface area contributed by atoms with Crippen LogP contribution in [0.5, 0.6) is 5.75 Å². The second kappa shape index (κ2) is 5.88. The molecule has 2 aromatic rings. The fourth-order valence-corrected chi connectivity index (χ4v) is 2.09. The fourth-order valence-electron chi connectivity index (χ4n) is 1.93. The highest BCUT2D eigenvalue weighted by Gasteiger charge is 2.19. The summed E-state index contributed by atoms with van der Waals surface area (Å²) >= 11 is 5.95. The van der Waals surface area contributed by atoms with Crippen LogP contribution in [0.4, 0.5) is 5.69 Å². The molecule has 1 unspecified atom stereocenters. The third-order valence-electron chi connectivity index (χ3n) is 2.87. The van der Waals surface area contributed by atoms with Gasteiger partial charge in [0.25, 0.3) is 0 Å². The first-order valence-corrected chi connectivity index (χ1v) is 6.04. The van der Waals surface area contributed by atoms with Crippen LogP contribution >= 0.6 is 11.6 Å². The van der Waals surface area contributed by atoms with Crippen molar-refractivity contribution in [2.75, 3.05) is 12.8 Å². The van der Waals surface area contributed by atoms with Crippen LogP contribution in [0, 0.1) is 0 Å². The Bertz CT molecular complexity index is 576. The highest BCUT2D eigenvalue weighted by Crippen LogP contribution is 2.33. The molecule has 1 aromatic heterocycles. The van der Waals surface area contributed by atoms with Gasteiger partial charge >= 0.3 is 0 Å². The topological polar surface area (TPSA) is 86.2 Å². The Labute approximate surface area is 116 Å². The number of pyridine rings is 1. The second-order valence-corrected chi connectivity index (χ2v) is 4.43. The molecule has 0 aliphatic rings. The number of nitrogens with one attached hydrogen (secondary N) is 1. The predicted octanol–water partition coefficient (Wildman–Crippen LogP) is 1.88. The molecule has 2 rings (SSSR count). The Morgan fingerprint density at radius 2 is 2.11 bits per heavy atom. The summed E-state index contributed by atoms with van der Waals surface area (Å²) in [6, 6.07) is 6.76. The number of hydrogen-bond acceptors (Lipinski definition) is 5. The molecule has 5 nitrogen and oxygen atoms in total. The normalized spacial score (nSPS) is 12.2. The molecule has 100 valence electrons. The molecule has 0 saturated carbocycles. The van der Waals surface area contributed by atoms with Crippen molar-refractivity contribution in [3.63, 3.8) is 0 Å². The lowest BCUT2D eigenvalue weighted by molar-refractivity contribution is 0.404. The van der Waals surface area contributed by atoms with Crippen molar-refractivity contribution in [2.45, 2.75) is 6.04 Å². The summed E-state index contributed by atoms with van der Waals surface area (Å²) in [5, 5.41) is 0.593. The number of halogens is 1. The number of ether oxygens (including phenoxy) is 1. The molecular formula is C13H15ClN4O. The highest BCUT2D eigenvalue weighted by molar-refractivity contribution is 6.30. The first-order chi connectivity index (χ1) is 9.17. The van der Waals surface area contributed by atoms with E-state index in [0.717, 1.165) is 11.1 Å². The van der Waals surface area contributed by atoms with Gasteiger partial charge < -0.3 is 10.5 Å². The van der Waals surface area contributed by atoms with Crippen molar-refractivity contribution in [2.24, 2.45) is 5.84 Å². The molecule has 0 fully saturated rings. The number of nitrogens with two attached hydrogens (primary N) is 2. The average Bonchev–Trinajstić information content (AvgIpc) is 2.43. The summed E-state index contributed by atoms with van der Waals surface area (Å²) in [6.45, 7) is 0. The number of hydrogen-bond donors (Lipinski definition) is 3. The molecule has 0 radical (unpaired) electrons. The van der Waals surface area contributed by atoms with E-state index in [1.54, 1.807) is 37.7 Å². The predicted molar refractivity (Wildman–Crippen MR) is 75.8 cm³/mol. The first-order valence-electron chi connectivity index (χ1n) is 5.66. The molecule has 19 heavy (non-hydrogen) atoms. The highest BCUT2D eigenvalue weighted by atomic mass is 35.5. The van der Waals surface area contributed by atoms with E-state index in [1.165, 1.54) is 0 Å². The summed E-state index contributed by atoms with van der Waals surface area (Å²) in [7, 11) is 1.58. The van der Waals surface area contributed by atoms with Gasteiger partial charge in [0.05, 0.1) is 13.2 Å². The minimum absolute atomic E-state index is 0.319. The van der Waals surface area contributed by atoms with E-state index in [-0.39, 0.29) is 6.04 Å². The lowest BCUT2D eigenvalue weighted by atomic mass is 9.98. The third kappa shape index (κ3) is 2.78. The van der Waals surface area contributed by atoms with Gasteiger partial charge in [-0.15, -0.1) is 0 Å². The van der Waals surface area contributed by atoms with E-state index in [4.69, 9.17) is 27.9 Å². The zero-order valence-corrected chi connectivity index (χ0v) is 11.2. The molecule has 5 N–H and O–H groups in total. The van der Waals surface area contributed by atoms with Crippen LogP contribution in [-0.4, -0.2) is 12.1 Å². The number of hydrazine groups is 1. The Kier molecular flexibility index (Phi) is 4.21. The first kappa shape index (κ1) is 13.6. The van der Waals surface area contributed by atoms with Crippen molar-refractivity contribution >= 4 is 17.3 Å². The largest absolute Gasteiger partial charge is 0.496 e. The minimum Gasteiger partial charge on any atom is -0.496 e. The van der Waals surface area contributed by atoms with Crippen LogP contribution in [0.3, 0.4) is 0 Å². The quantitative estimate of drug-likeness (QED) is 0.587. The summed E-state index contributed by atoms with van der Waals surface area (Å²) < 4.78 is 5.33. The molecule has 0 aliphatic carbocycles. The average molecular weight is 279 g/mol. The zero-order chi connectivity index (χ0) is 13.8. The third-order valence-corrected chi connectivity index (χ3v) is 3.11. The molecule has 1 atom stereocenters. The van der Waals surface area contributed by atoms with Gasteiger partial charge in [-0.05, 0) is 18.2 Å². The van der Waals surface area contributed by atoms with Crippen LogP contribution in [0.25, 0.3) is 0 Å². The van der Waals surface area contributed by atoms with Crippen molar-refractivity contribution in [1.82, 2.24) is 10.4 Å². The van der Waals surface area contributed by atoms with Gasteiger partial charge in [-0.1, -0.05) is 17.7 Å². The lowest BCUT2D eigenvalue weighted by Crippen LogP contribution is -2.29. The molecule has 1 heterocycles. The fraction of sp³-hybridized carbons (Fsp3) is 0.154. The van der Waals surface area contributed by atoms with E-state index in [1.807, 2.05) is 6.07 Å². The number of nitrogens with zero attached hydrogens (tertiary/aromatic N) is 1. The number of aromatic nitrogens is 1. The van der Waals surface area contributed by atoms with E-state index in [2.05, 4.69) is 10.4 Å². The van der Waals surface area contributed by atoms with Crippen molar-refractivity contribution in [1.29, 1.82) is 0 Å². The summed E-state index contributed by atoms with van der Waals surface area (Å²) in [5.74, 6) is 6.28. The Morgan fingerprint density at radius 3 is 2.74 bits per heavy atom. The zero-order valence-electron chi connectivity index (χ0n) is 10.4. The van der Waals surface area contributed by atoms with Crippen molar-refractivity contribution in [3.05, 3.63) is 52.8 Å². The van der Waals surface area contributed by atoms with Crippen LogP contribution in [0.1, 0.15) is 17.2 Å². The Morgan fingerprint density at radius 1 is 1.32 bits per heavy atom. The minimum atomic E-state index is -0.319. The monoisotopic (exact) mass is 278 g/mol. The maximum absolute atomic E-state index is 5.95. The van der Waals surface area contributed by atoms with Gasteiger partial charge in [0.2, 0.25) is 0 Å². The molecule has 0 spiro atoms. The smallest absolute Gasteiger partial charge is 0.125 e. The summed E-state index contributed by atoms with van der Waals surface area (Å²) in [4.78, 5) is 4.07. The van der Waals surface area contributed by atoms with Gasteiger partial charge in [0.1, 0.15) is 5.75 Å². The second-order valence-electron chi connectivity index (χ2n) is 3.99. The number of rotatable bonds is 4. The molecule has 6 heteroatoms. The number of methoxy groups -OCH3 is 1. The Hall–Kier alpha value is -1.82. The van der Waals surface area contributed by atoms with Crippen LogP contribution in [0.2, 0.25) is 5.02 Å². The van der Waals surface area contributed by atoms with E-state index < -0.39 is 0 Å². The van der Waals surface area contributed by atoms with Gasteiger partial charge in [0, 0.05) is 34.2 Å². The van der Waals surface area contributed by atoms with Crippen LogP contribution < -0.4 is 21.7 Å². The van der Waals surface area contributed by atoms with Gasteiger partial charge in [-0.25, -0.2) is 5.43 Å².